The zero-order valence-corrected chi connectivity index (χ0v) is 16.5. The van der Waals surface area contributed by atoms with E-state index in [9.17, 15) is 18.0 Å². The molecule has 2 aromatic rings. The molecule has 2 aromatic carbocycles. The van der Waals surface area contributed by atoms with E-state index in [1.54, 1.807) is 26.0 Å². The molecular formula is C19H19ClN2O4S. The summed E-state index contributed by atoms with van der Waals surface area (Å²) in [6, 6.07) is 13.1. The number of benzene rings is 2. The Kier molecular flexibility index (Phi) is 5.01. The Labute approximate surface area is 163 Å². The smallest absolute Gasteiger partial charge is 0.251 e. The van der Waals surface area contributed by atoms with Crippen molar-refractivity contribution < 1.29 is 18.0 Å². The average molecular weight is 407 g/mol. The molecule has 0 radical (unpaired) electrons. The number of carbonyl (C=O) groups is 2. The van der Waals surface area contributed by atoms with E-state index >= 15 is 0 Å². The van der Waals surface area contributed by atoms with Crippen LogP contribution < -0.4 is 9.62 Å². The Morgan fingerprint density at radius 1 is 1.15 bits per heavy atom. The van der Waals surface area contributed by atoms with Crippen molar-refractivity contribution >= 4 is 39.1 Å². The van der Waals surface area contributed by atoms with Gasteiger partial charge in [0.2, 0.25) is 15.9 Å². The molecule has 0 aromatic heterocycles. The largest absolute Gasteiger partial charge is 0.348 e. The summed E-state index contributed by atoms with van der Waals surface area (Å²) < 4.78 is 25.4. The average Bonchev–Trinajstić information content (AvgIpc) is 2.77. The second-order valence-electron chi connectivity index (χ2n) is 7.03. The van der Waals surface area contributed by atoms with Crippen LogP contribution in [0.3, 0.4) is 0 Å². The van der Waals surface area contributed by atoms with E-state index in [1.807, 2.05) is 12.1 Å². The molecule has 0 unspecified atom stereocenters. The molecule has 0 spiro atoms. The van der Waals surface area contributed by atoms with E-state index in [-0.39, 0.29) is 23.9 Å². The van der Waals surface area contributed by atoms with Crippen molar-refractivity contribution in [2.45, 2.75) is 20.4 Å². The third-order valence-electron chi connectivity index (χ3n) is 4.35. The van der Waals surface area contributed by atoms with E-state index in [0.717, 1.165) is 9.87 Å². The molecular weight excluding hydrogens is 388 g/mol. The first kappa shape index (κ1) is 19.4. The van der Waals surface area contributed by atoms with Crippen molar-refractivity contribution in [3.8, 4) is 0 Å². The maximum Gasteiger partial charge on any atom is 0.251 e. The van der Waals surface area contributed by atoms with Gasteiger partial charge in [-0.25, -0.2) is 12.7 Å². The van der Waals surface area contributed by atoms with Gasteiger partial charge >= 0.3 is 0 Å². The standard InChI is InChI=1S/C19H19ClN2O4S/c1-19(2)12-27(25,26)22(18(19)24)15-9-7-13(8-10-15)17(23)21-11-14-5-3-4-6-16(14)20/h3-10H,11-12H2,1-2H3,(H,21,23). The fraction of sp³-hybridized carbons (Fsp3) is 0.263. The molecule has 3 rings (SSSR count). The van der Waals surface area contributed by atoms with Gasteiger partial charge < -0.3 is 5.32 Å². The Morgan fingerprint density at radius 2 is 1.78 bits per heavy atom. The normalized spacial score (nSPS) is 17.7. The molecule has 8 heteroatoms. The summed E-state index contributed by atoms with van der Waals surface area (Å²) in [5.74, 6) is -1.03. The molecule has 0 saturated carbocycles. The van der Waals surface area contributed by atoms with Crippen LogP contribution in [0.4, 0.5) is 5.69 Å². The lowest BCUT2D eigenvalue weighted by atomic mass is 9.95. The monoisotopic (exact) mass is 406 g/mol. The van der Waals surface area contributed by atoms with Gasteiger partial charge in [0.15, 0.2) is 0 Å². The Bertz CT molecular complexity index is 1000. The van der Waals surface area contributed by atoms with Gasteiger partial charge in [-0.2, -0.15) is 0 Å². The quantitative estimate of drug-likeness (QED) is 0.846. The van der Waals surface area contributed by atoms with Crippen LogP contribution in [-0.4, -0.2) is 26.0 Å². The van der Waals surface area contributed by atoms with Gasteiger partial charge in [0.05, 0.1) is 16.9 Å². The first-order chi connectivity index (χ1) is 12.6. The van der Waals surface area contributed by atoms with Gasteiger partial charge in [0, 0.05) is 17.1 Å². The van der Waals surface area contributed by atoms with Gasteiger partial charge in [-0.1, -0.05) is 29.8 Å². The zero-order chi connectivity index (χ0) is 19.8. The van der Waals surface area contributed by atoms with Crippen molar-refractivity contribution in [1.29, 1.82) is 0 Å². The number of hydrogen-bond acceptors (Lipinski definition) is 4. The lowest BCUT2D eigenvalue weighted by Gasteiger charge is -2.17. The van der Waals surface area contributed by atoms with Crippen LogP contribution in [0.5, 0.6) is 0 Å². The summed E-state index contributed by atoms with van der Waals surface area (Å²) in [5, 5.41) is 3.32. The molecule has 6 nitrogen and oxygen atoms in total. The van der Waals surface area contributed by atoms with Crippen LogP contribution in [0.1, 0.15) is 29.8 Å². The number of sulfonamides is 1. The molecule has 0 bridgehead atoms. The predicted molar refractivity (Wildman–Crippen MR) is 104 cm³/mol. The van der Waals surface area contributed by atoms with E-state index < -0.39 is 21.3 Å². The van der Waals surface area contributed by atoms with Gasteiger partial charge in [-0.15, -0.1) is 0 Å². The number of nitrogens with zero attached hydrogens (tertiary/aromatic N) is 1. The molecule has 142 valence electrons. The summed E-state index contributed by atoms with van der Waals surface area (Å²) in [5.41, 5.74) is 0.409. The van der Waals surface area contributed by atoms with Crippen molar-refractivity contribution in [2.75, 3.05) is 10.1 Å². The maximum atomic E-state index is 12.4. The minimum absolute atomic E-state index is 0.230. The first-order valence-corrected chi connectivity index (χ1v) is 10.3. The number of rotatable bonds is 4. The fourth-order valence-corrected chi connectivity index (χ4v) is 5.24. The zero-order valence-electron chi connectivity index (χ0n) is 14.9. The van der Waals surface area contributed by atoms with Crippen molar-refractivity contribution in [1.82, 2.24) is 5.32 Å². The van der Waals surface area contributed by atoms with Gasteiger partial charge in [0.1, 0.15) is 0 Å². The number of halogens is 1. The number of hydrogen-bond donors (Lipinski definition) is 1. The predicted octanol–water partition coefficient (Wildman–Crippen LogP) is 2.97. The van der Waals surface area contributed by atoms with Crippen LogP contribution in [0.2, 0.25) is 5.02 Å². The molecule has 0 atom stereocenters. The third-order valence-corrected chi connectivity index (χ3v) is 6.73. The first-order valence-electron chi connectivity index (χ1n) is 8.31. The summed E-state index contributed by atoms with van der Waals surface area (Å²) in [6.07, 6.45) is 0. The minimum atomic E-state index is -3.71. The highest BCUT2D eigenvalue weighted by Crippen LogP contribution is 2.35. The van der Waals surface area contributed by atoms with Crippen LogP contribution in [0.25, 0.3) is 0 Å². The minimum Gasteiger partial charge on any atom is -0.348 e. The van der Waals surface area contributed by atoms with Gasteiger partial charge in [-0.05, 0) is 49.7 Å². The summed E-state index contributed by atoms with van der Waals surface area (Å²) >= 11 is 6.06. The van der Waals surface area contributed by atoms with E-state index in [0.29, 0.717) is 10.6 Å². The molecule has 1 saturated heterocycles. The summed E-state index contributed by atoms with van der Waals surface area (Å²) in [4.78, 5) is 24.7. The molecule has 1 fully saturated rings. The molecule has 0 aliphatic carbocycles. The number of carbonyl (C=O) groups excluding carboxylic acids is 2. The Balaban J connectivity index is 1.75. The van der Waals surface area contributed by atoms with Crippen molar-refractivity contribution in [3.63, 3.8) is 0 Å². The molecule has 2 amide bonds. The Morgan fingerprint density at radius 3 is 2.33 bits per heavy atom. The number of nitrogens with one attached hydrogen (secondary N) is 1. The lowest BCUT2D eigenvalue weighted by Crippen LogP contribution is -2.33. The number of anilines is 1. The highest BCUT2D eigenvalue weighted by molar-refractivity contribution is 7.94. The topological polar surface area (TPSA) is 83.6 Å². The molecule has 1 N–H and O–H groups in total. The van der Waals surface area contributed by atoms with Crippen LogP contribution >= 0.6 is 11.6 Å². The summed E-state index contributed by atoms with van der Waals surface area (Å²) in [6.45, 7) is 3.47. The highest BCUT2D eigenvalue weighted by Gasteiger charge is 2.49. The second-order valence-corrected chi connectivity index (χ2v) is 9.26. The van der Waals surface area contributed by atoms with Crippen LogP contribution in [0.15, 0.2) is 48.5 Å². The molecule has 1 aliphatic heterocycles. The van der Waals surface area contributed by atoms with Crippen molar-refractivity contribution in [2.24, 2.45) is 5.41 Å². The molecule has 1 heterocycles. The molecule has 1 aliphatic rings. The Hall–Kier alpha value is -2.38. The van der Waals surface area contributed by atoms with E-state index in [1.165, 1.54) is 24.3 Å². The lowest BCUT2D eigenvalue weighted by molar-refractivity contribution is -0.123. The van der Waals surface area contributed by atoms with Gasteiger partial charge in [-0.3, -0.25) is 9.59 Å². The van der Waals surface area contributed by atoms with E-state index in [2.05, 4.69) is 5.32 Å². The molecule has 27 heavy (non-hydrogen) atoms. The number of amides is 2. The second kappa shape index (κ2) is 6.98. The summed E-state index contributed by atoms with van der Waals surface area (Å²) in [7, 11) is -3.71. The fourth-order valence-electron chi connectivity index (χ4n) is 2.93. The SMILES string of the molecule is CC1(C)CS(=O)(=O)N(c2ccc(C(=O)NCc3ccccc3Cl)cc2)C1=O. The maximum absolute atomic E-state index is 12.4. The van der Waals surface area contributed by atoms with E-state index in [4.69, 9.17) is 11.6 Å². The van der Waals surface area contributed by atoms with Crippen LogP contribution in [-0.2, 0) is 21.4 Å². The highest BCUT2D eigenvalue weighted by atomic mass is 35.5. The third kappa shape index (κ3) is 3.84. The van der Waals surface area contributed by atoms with Gasteiger partial charge in [0.25, 0.3) is 5.91 Å². The van der Waals surface area contributed by atoms with Crippen LogP contribution in [0, 0.1) is 5.41 Å². The van der Waals surface area contributed by atoms with Crippen molar-refractivity contribution in [3.05, 3.63) is 64.7 Å².